The molecule has 1 aromatic heterocycles. The Balaban J connectivity index is 2.15. The van der Waals surface area contributed by atoms with E-state index in [0.717, 1.165) is 27.3 Å². The van der Waals surface area contributed by atoms with Gasteiger partial charge in [-0.1, -0.05) is 17.7 Å². The van der Waals surface area contributed by atoms with Crippen LogP contribution in [0, 0.1) is 0 Å². The molecule has 1 heterocycles. The zero-order valence-electron chi connectivity index (χ0n) is 10.9. The molecule has 2 N–H and O–H groups in total. The van der Waals surface area contributed by atoms with Crippen molar-refractivity contribution >= 4 is 44.6 Å². The van der Waals surface area contributed by atoms with Gasteiger partial charge < -0.3 is 10.6 Å². The Labute approximate surface area is 131 Å². The molecule has 0 saturated heterocycles. The molecule has 0 spiro atoms. The van der Waals surface area contributed by atoms with Crippen LogP contribution in [0.25, 0.3) is 0 Å². The molecule has 0 radical (unpaired) electrons. The first-order valence-corrected chi connectivity index (χ1v) is 8.01. The van der Waals surface area contributed by atoms with Crippen molar-refractivity contribution in [2.24, 2.45) is 5.73 Å². The van der Waals surface area contributed by atoms with Crippen LogP contribution in [-0.2, 0) is 6.54 Å². The SMILES string of the molecule is CC(N)c1ccc(N(C)Cc2cc(Br)cs2)cc1Cl. The molecule has 0 amide bonds. The highest BCUT2D eigenvalue weighted by Gasteiger charge is 2.09. The first-order chi connectivity index (χ1) is 8.97. The molecule has 0 bridgehead atoms. The first kappa shape index (κ1) is 14.9. The van der Waals surface area contributed by atoms with E-state index >= 15 is 0 Å². The van der Waals surface area contributed by atoms with Crippen LogP contribution in [0.1, 0.15) is 23.4 Å². The second kappa shape index (κ2) is 6.27. The maximum atomic E-state index is 6.26. The number of benzene rings is 1. The smallest absolute Gasteiger partial charge is 0.0519 e. The Kier molecular flexibility index (Phi) is 4.90. The van der Waals surface area contributed by atoms with Gasteiger partial charge >= 0.3 is 0 Å². The number of thiophene rings is 1. The zero-order chi connectivity index (χ0) is 14.0. The van der Waals surface area contributed by atoms with Crippen molar-refractivity contribution in [3.63, 3.8) is 0 Å². The lowest BCUT2D eigenvalue weighted by Gasteiger charge is -2.20. The number of nitrogens with two attached hydrogens (primary N) is 1. The number of rotatable bonds is 4. The van der Waals surface area contributed by atoms with Gasteiger partial charge in [0.05, 0.1) is 6.54 Å². The predicted octanol–water partition coefficient (Wildman–Crippen LogP) is 4.82. The Morgan fingerprint density at radius 1 is 1.42 bits per heavy atom. The Hall–Kier alpha value is -0.550. The molecule has 0 aliphatic heterocycles. The molecular weight excluding hydrogens is 344 g/mol. The van der Waals surface area contributed by atoms with Gasteiger partial charge in [0.1, 0.15) is 0 Å². The Bertz CT molecular complexity index is 568. The van der Waals surface area contributed by atoms with Crippen LogP contribution in [0.5, 0.6) is 0 Å². The molecule has 0 fully saturated rings. The molecule has 0 aliphatic carbocycles. The van der Waals surface area contributed by atoms with Gasteiger partial charge in [-0.15, -0.1) is 11.3 Å². The van der Waals surface area contributed by atoms with Crippen LogP contribution in [0.2, 0.25) is 5.02 Å². The lowest BCUT2D eigenvalue weighted by atomic mass is 10.1. The van der Waals surface area contributed by atoms with Crippen molar-refractivity contribution in [2.45, 2.75) is 19.5 Å². The van der Waals surface area contributed by atoms with Crippen LogP contribution >= 0.6 is 38.9 Å². The normalized spacial score (nSPS) is 12.5. The summed E-state index contributed by atoms with van der Waals surface area (Å²) in [7, 11) is 2.06. The third-order valence-electron chi connectivity index (χ3n) is 2.93. The standard InChI is InChI=1S/C14H16BrClN2S/c1-9(17)13-4-3-11(6-14(13)16)18(2)7-12-5-10(15)8-19-12/h3-6,8-9H,7,17H2,1-2H3. The summed E-state index contributed by atoms with van der Waals surface area (Å²) in [6, 6.07) is 8.14. The Morgan fingerprint density at radius 3 is 2.68 bits per heavy atom. The average Bonchev–Trinajstić information content (AvgIpc) is 2.74. The van der Waals surface area contributed by atoms with Crippen molar-refractivity contribution < 1.29 is 0 Å². The highest BCUT2D eigenvalue weighted by atomic mass is 79.9. The van der Waals surface area contributed by atoms with Gasteiger partial charge in [-0.05, 0) is 46.6 Å². The van der Waals surface area contributed by atoms with Crippen LogP contribution in [0.4, 0.5) is 5.69 Å². The summed E-state index contributed by atoms with van der Waals surface area (Å²) in [6.07, 6.45) is 0. The van der Waals surface area contributed by atoms with E-state index in [1.165, 1.54) is 4.88 Å². The monoisotopic (exact) mass is 358 g/mol. The summed E-state index contributed by atoms with van der Waals surface area (Å²) in [5, 5.41) is 2.82. The summed E-state index contributed by atoms with van der Waals surface area (Å²) >= 11 is 11.5. The number of halogens is 2. The third kappa shape index (κ3) is 3.72. The molecule has 2 nitrogen and oxygen atoms in total. The number of nitrogens with zero attached hydrogens (tertiary/aromatic N) is 1. The van der Waals surface area contributed by atoms with E-state index in [9.17, 15) is 0 Å². The molecule has 2 rings (SSSR count). The van der Waals surface area contributed by atoms with Gasteiger partial charge in [0, 0.05) is 38.5 Å². The van der Waals surface area contributed by atoms with Crippen molar-refractivity contribution in [1.29, 1.82) is 0 Å². The maximum Gasteiger partial charge on any atom is 0.0519 e. The maximum absolute atomic E-state index is 6.26. The average molecular weight is 360 g/mol. The lowest BCUT2D eigenvalue weighted by Crippen LogP contribution is -2.16. The van der Waals surface area contributed by atoms with Crippen LogP contribution < -0.4 is 10.6 Å². The van der Waals surface area contributed by atoms with E-state index in [1.54, 1.807) is 11.3 Å². The van der Waals surface area contributed by atoms with Crippen LogP contribution in [0.15, 0.2) is 34.1 Å². The fraction of sp³-hybridized carbons (Fsp3) is 0.286. The van der Waals surface area contributed by atoms with E-state index in [1.807, 2.05) is 19.1 Å². The van der Waals surface area contributed by atoms with E-state index in [4.69, 9.17) is 17.3 Å². The van der Waals surface area contributed by atoms with E-state index in [-0.39, 0.29) is 6.04 Å². The van der Waals surface area contributed by atoms with Gasteiger partial charge in [-0.2, -0.15) is 0 Å². The van der Waals surface area contributed by atoms with Crippen molar-refractivity contribution in [1.82, 2.24) is 0 Å². The van der Waals surface area contributed by atoms with Gasteiger partial charge in [-0.3, -0.25) is 0 Å². The van der Waals surface area contributed by atoms with Gasteiger partial charge in [0.25, 0.3) is 0 Å². The van der Waals surface area contributed by atoms with E-state index < -0.39 is 0 Å². The van der Waals surface area contributed by atoms with Gasteiger partial charge in [0.15, 0.2) is 0 Å². The largest absolute Gasteiger partial charge is 0.369 e. The Morgan fingerprint density at radius 2 is 2.16 bits per heavy atom. The summed E-state index contributed by atoms with van der Waals surface area (Å²) in [4.78, 5) is 3.48. The highest BCUT2D eigenvalue weighted by Crippen LogP contribution is 2.28. The van der Waals surface area contributed by atoms with Crippen LogP contribution in [0.3, 0.4) is 0 Å². The fourth-order valence-electron chi connectivity index (χ4n) is 1.88. The summed E-state index contributed by atoms with van der Waals surface area (Å²) < 4.78 is 1.13. The zero-order valence-corrected chi connectivity index (χ0v) is 14.0. The molecule has 0 saturated carbocycles. The summed E-state index contributed by atoms with van der Waals surface area (Å²) in [6.45, 7) is 2.80. The van der Waals surface area contributed by atoms with Gasteiger partial charge in [0.2, 0.25) is 0 Å². The molecule has 102 valence electrons. The quantitative estimate of drug-likeness (QED) is 0.848. The van der Waals surface area contributed by atoms with Crippen LogP contribution in [-0.4, -0.2) is 7.05 Å². The van der Waals surface area contributed by atoms with Crippen molar-refractivity contribution in [3.05, 3.63) is 49.6 Å². The molecule has 1 unspecified atom stereocenters. The number of hydrogen-bond donors (Lipinski definition) is 1. The second-order valence-electron chi connectivity index (χ2n) is 4.58. The first-order valence-electron chi connectivity index (χ1n) is 5.96. The molecule has 5 heteroatoms. The number of hydrogen-bond acceptors (Lipinski definition) is 3. The highest BCUT2D eigenvalue weighted by molar-refractivity contribution is 9.10. The lowest BCUT2D eigenvalue weighted by molar-refractivity contribution is 0.817. The van der Waals surface area contributed by atoms with E-state index in [2.05, 4.69) is 45.4 Å². The van der Waals surface area contributed by atoms with Crippen molar-refractivity contribution in [3.8, 4) is 0 Å². The predicted molar refractivity (Wildman–Crippen MR) is 88.2 cm³/mol. The van der Waals surface area contributed by atoms with E-state index in [0.29, 0.717) is 0 Å². The number of anilines is 1. The molecule has 19 heavy (non-hydrogen) atoms. The fourth-order valence-corrected chi connectivity index (χ4v) is 3.73. The van der Waals surface area contributed by atoms with Gasteiger partial charge in [-0.25, -0.2) is 0 Å². The summed E-state index contributed by atoms with van der Waals surface area (Å²) in [5.74, 6) is 0. The molecule has 0 aliphatic rings. The third-order valence-corrected chi connectivity index (χ3v) is 4.94. The topological polar surface area (TPSA) is 29.3 Å². The minimum Gasteiger partial charge on any atom is -0.369 e. The second-order valence-corrected chi connectivity index (χ2v) is 6.90. The molecular formula is C14H16BrClN2S. The molecule has 1 atom stereocenters. The molecule has 2 aromatic rings. The summed E-state index contributed by atoms with van der Waals surface area (Å²) in [5.41, 5.74) is 7.95. The molecule has 1 aromatic carbocycles. The minimum atomic E-state index is -0.0416. The minimum absolute atomic E-state index is 0.0416. The van der Waals surface area contributed by atoms with Crippen molar-refractivity contribution in [2.75, 3.05) is 11.9 Å².